The summed E-state index contributed by atoms with van der Waals surface area (Å²) in [4.78, 5) is 12.8. The highest BCUT2D eigenvalue weighted by atomic mass is 16.5. The van der Waals surface area contributed by atoms with Crippen LogP contribution in [0.3, 0.4) is 0 Å². The van der Waals surface area contributed by atoms with E-state index < -0.39 is 6.10 Å². The smallest absolute Gasteiger partial charge is 0.265 e. The van der Waals surface area contributed by atoms with Gasteiger partial charge in [-0.1, -0.05) is 56.3 Å². The number of carbonyl (C=O) groups excluding carboxylic acids is 1. The largest absolute Gasteiger partial charge is 0.481 e. The molecule has 0 aliphatic carbocycles. The van der Waals surface area contributed by atoms with Crippen molar-refractivity contribution >= 4 is 11.6 Å². The summed E-state index contributed by atoms with van der Waals surface area (Å²) in [5, 5.41) is 2.94. The number of hydrogen-bond donors (Lipinski definition) is 1. The highest BCUT2D eigenvalue weighted by Crippen LogP contribution is 2.29. The first-order chi connectivity index (χ1) is 13.7. The van der Waals surface area contributed by atoms with Crippen molar-refractivity contribution in [3.05, 3.63) is 84.4 Å². The summed E-state index contributed by atoms with van der Waals surface area (Å²) in [6.07, 6.45) is 0.941. The van der Waals surface area contributed by atoms with Gasteiger partial charge in [-0.15, -0.1) is 0 Å². The Morgan fingerprint density at radius 1 is 0.857 bits per heavy atom. The molecule has 0 saturated heterocycles. The Kier molecular flexibility index (Phi) is 6.68. The van der Waals surface area contributed by atoms with Crippen LogP contribution in [0.4, 0.5) is 5.69 Å². The van der Waals surface area contributed by atoms with Crippen LogP contribution in [0, 0.1) is 0 Å². The summed E-state index contributed by atoms with van der Waals surface area (Å²) < 4.78 is 11.8. The molecule has 0 bridgehead atoms. The first-order valence-electron chi connectivity index (χ1n) is 9.58. The Hall–Kier alpha value is -3.27. The molecule has 4 heteroatoms. The first kappa shape index (κ1) is 19.5. The fourth-order valence-corrected chi connectivity index (χ4v) is 2.78. The number of benzene rings is 3. The van der Waals surface area contributed by atoms with Gasteiger partial charge in [0.25, 0.3) is 5.91 Å². The molecule has 1 N–H and O–H groups in total. The SMILES string of the molecule is CCc1ccc(O[C@@H](CC)C(=O)Nc2ccccc2Oc2ccccc2)cc1. The van der Waals surface area contributed by atoms with Crippen molar-refractivity contribution in [2.24, 2.45) is 0 Å². The highest BCUT2D eigenvalue weighted by molar-refractivity contribution is 5.95. The molecule has 3 aromatic carbocycles. The van der Waals surface area contributed by atoms with Gasteiger partial charge in [0, 0.05) is 0 Å². The second kappa shape index (κ2) is 9.60. The van der Waals surface area contributed by atoms with Gasteiger partial charge >= 0.3 is 0 Å². The van der Waals surface area contributed by atoms with E-state index >= 15 is 0 Å². The topological polar surface area (TPSA) is 47.6 Å². The molecule has 0 radical (unpaired) electrons. The fourth-order valence-electron chi connectivity index (χ4n) is 2.78. The van der Waals surface area contributed by atoms with E-state index in [1.165, 1.54) is 5.56 Å². The van der Waals surface area contributed by atoms with Crippen LogP contribution in [0.2, 0.25) is 0 Å². The molecule has 0 heterocycles. The number of aryl methyl sites for hydroxylation is 1. The molecule has 1 atom stereocenters. The van der Waals surface area contributed by atoms with E-state index in [0.717, 1.165) is 6.42 Å². The summed E-state index contributed by atoms with van der Waals surface area (Å²) in [7, 11) is 0. The quantitative estimate of drug-likeness (QED) is 0.538. The Balaban J connectivity index is 1.70. The number of ether oxygens (including phenoxy) is 2. The second-order valence-electron chi connectivity index (χ2n) is 6.41. The maximum absolute atomic E-state index is 12.8. The van der Waals surface area contributed by atoms with E-state index in [1.54, 1.807) is 0 Å². The Morgan fingerprint density at radius 2 is 1.54 bits per heavy atom. The van der Waals surface area contributed by atoms with Gasteiger partial charge in [-0.2, -0.15) is 0 Å². The predicted octanol–water partition coefficient (Wildman–Crippen LogP) is 5.84. The highest BCUT2D eigenvalue weighted by Gasteiger charge is 2.20. The van der Waals surface area contributed by atoms with E-state index in [9.17, 15) is 4.79 Å². The van der Waals surface area contributed by atoms with Crippen molar-refractivity contribution in [2.45, 2.75) is 32.8 Å². The molecule has 4 nitrogen and oxygen atoms in total. The first-order valence-corrected chi connectivity index (χ1v) is 9.58. The standard InChI is InChI=1S/C24H25NO3/c1-3-18-14-16-20(17-15-18)27-22(4-2)24(26)25-21-12-8-9-13-23(21)28-19-10-6-5-7-11-19/h5-17,22H,3-4H2,1-2H3,(H,25,26)/t22-/m0/s1. The summed E-state index contributed by atoms with van der Waals surface area (Å²) >= 11 is 0. The maximum Gasteiger partial charge on any atom is 0.265 e. The van der Waals surface area contributed by atoms with Crippen LogP contribution in [0.5, 0.6) is 17.2 Å². The van der Waals surface area contributed by atoms with Crippen molar-refractivity contribution in [1.29, 1.82) is 0 Å². The van der Waals surface area contributed by atoms with Crippen LogP contribution in [-0.2, 0) is 11.2 Å². The zero-order chi connectivity index (χ0) is 19.8. The molecule has 0 saturated carbocycles. The lowest BCUT2D eigenvalue weighted by atomic mass is 10.1. The Bertz CT molecular complexity index is 891. The van der Waals surface area contributed by atoms with Crippen molar-refractivity contribution in [2.75, 3.05) is 5.32 Å². The van der Waals surface area contributed by atoms with Crippen LogP contribution in [-0.4, -0.2) is 12.0 Å². The van der Waals surface area contributed by atoms with Crippen LogP contribution >= 0.6 is 0 Å². The molecule has 3 aromatic rings. The van der Waals surface area contributed by atoms with E-state index in [-0.39, 0.29) is 5.91 Å². The second-order valence-corrected chi connectivity index (χ2v) is 6.41. The average molecular weight is 375 g/mol. The van der Waals surface area contributed by atoms with Gasteiger partial charge in [0.15, 0.2) is 11.9 Å². The third kappa shape index (κ3) is 5.13. The number of rotatable bonds is 8. The van der Waals surface area contributed by atoms with Crippen molar-refractivity contribution in [3.8, 4) is 17.2 Å². The minimum Gasteiger partial charge on any atom is -0.481 e. The lowest BCUT2D eigenvalue weighted by molar-refractivity contribution is -0.122. The molecule has 0 spiro atoms. The van der Waals surface area contributed by atoms with Crippen molar-refractivity contribution in [3.63, 3.8) is 0 Å². The number of hydrogen-bond acceptors (Lipinski definition) is 3. The number of amides is 1. The van der Waals surface area contributed by atoms with Gasteiger partial charge in [0.05, 0.1) is 5.69 Å². The molecule has 0 unspecified atom stereocenters. The summed E-state index contributed by atoms with van der Waals surface area (Å²) in [5.74, 6) is 1.78. The number of para-hydroxylation sites is 3. The van der Waals surface area contributed by atoms with Crippen LogP contribution in [0.25, 0.3) is 0 Å². The normalized spacial score (nSPS) is 11.5. The van der Waals surface area contributed by atoms with E-state index in [2.05, 4.69) is 12.2 Å². The minimum absolute atomic E-state index is 0.203. The van der Waals surface area contributed by atoms with Gasteiger partial charge in [-0.05, 0) is 54.8 Å². The van der Waals surface area contributed by atoms with E-state index in [0.29, 0.717) is 29.4 Å². The van der Waals surface area contributed by atoms with Gasteiger partial charge in [-0.25, -0.2) is 0 Å². The maximum atomic E-state index is 12.8. The van der Waals surface area contributed by atoms with Crippen molar-refractivity contribution < 1.29 is 14.3 Å². The zero-order valence-corrected chi connectivity index (χ0v) is 16.2. The third-order valence-electron chi connectivity index (χ3n) is 4.39. The van der Waals surface area contributed by atoms with Gasteiger partial charge < -0.3 is 14.8 Å². The molecular weight excluding hydrogens is 350 g/mol. The molecule has 0 aromatic heterocycles. The molecule has 0 fully saturated rings. The summed E-state index contributed by atoms with van der Waals surface area (Å²) in [6.45, 7) is 4.03. The summed E-state index contributed by atoms with van der Waals surface area (Å²) in [6, 6.07) is 24.7. The molecule has 28 heavy (non-hydrogen) atoms. The molecule has 144 valence electrons. The third-order valence-corrected chi connectivity index (χ3v) is 4.39. The van der Waals surface area contributed by atoms with Gasteiger partial charge in [0.2, 0.25) is 0 Å². The molecular formula is C24H25NO3. The number of anilines is 1. The van der Waals surface area contributed by atoms with Crippen molar-refractivity contribution in [1.82, 2.24) is 0 Å². The number of carbonyl (C=O) groups is 1. The molecule has 1 amide bonds. The fraction of sp³-hybridized carbons (Fsp3) is 0.208. The van der Waals surface area contributed by atoms with Gasteiger partial charge in [-0.3, -0.25) is 4.79 Å². The van der Waals surface area contributed by atoms with Crippen LogP contribution < -0.4 is 14.8 Å². The average Bonchev–Trinajstić information content (AvgIpc) is 2.74. The predicted molar refractivity (Wildman–Crippen MR) is 112 cm³/mol. The molecule has 0 aliphatic heterocycles. The van der Waals surface area contributed by atoms with Crippen LogP contribution in [0.1, 0.15) is 25.8 Å². The van der Waals surface area contributed by atoms with Crippen LogP contribution in [0.15, 0.2) is 78.9 Å². The monoisotopic (exact) mass is 375 g/mol. The molecule has 3 rings (SSSR count). The minimum atomic E-state index is -0.586. The lowest BCUT2D eigenvalue weighted by Crippen LogP contribution is -2.32. The zero-order valence-electron chi connectivity index (χ0n) is 16.2. The lowest BCUT2D eigenvalue weighted by Gasteiger charge is -2.19. The Labute approximate surface area is 166 Å². The summed E-state index contributed by atoms with van der Waals surface area (Å²) in [5.41, 5.74) is 1.84. The number of nitrogens with one attached hydrogen (secondary N) is 1. The van der Waals surface area contributed by atoms with E-state index in [1.807, 2.05) is 85.8 Å². The van der Waals surface area contributed by atoms with Gasteiger partial charge in [0.1, 0.15) is 11.5 Å². The molecule has 0 aliphatic rings. The van der Waals surface area contributed by atoms with E-state index in [4.69, 9.17) is 9.47 Å². The Morgan fingerprint density at radius 3 is 2.21 bits per heavy atom.